The molecule has 0 bridgehead atoms. The molecule has 0 radical (unpaired) electrons. The molecule has 32 heavy (non-hydrogen) atoms. The summed E-state index contributed by atoms with van der Waals surface area (Å²) in [4.78, 5) is 39.9. The standard InChI is InChI=1S/C25H28N2O5/c1-31-24(29)21(13-17-11-12-17)26-23(28)22-14-19-9-5-6-10-20(19)15-27(22)25(30)32-16-18-7-3-2-4-8-18/h2-10,17,21-22H,11-16H2,1H3,(H,26,28)/t21-,22+/m1/s1. The second-order valence-corrected chi connectivity index (χ2v) is 8.42. The van der Waals surface area contributed by atoms with Crippen LogP contribution in [0.1, 0.15) is 36.0 Å². The van der Waals surface area contributed by atoms with Crippen molar-refractivity contribution in [3.8, 4) is 0 Å². The molecule has 0 spiro atoms. The molecular weight excluding hydrogens is 408 g/mol. The summed E-state index contributed by atoms with van der Waals surface area (Å²) in [5.41, 5.74) is 2.86. The lowest BCUT2D eigenvalue weighted by Crippen LogP contribution is -2.55. The van der Waals surface area contributed by atoms with Crippen molar-refractivity contribution in [1.29, 1.82) is 0 Å². The van der Waals surface area contributed by atoms with Crippen LogP contribution < -0.4 is 5.32 Å². The van der Waals surface area contributed by atoms with Crippen LogP contribution in [0.5, 0.6) is 0 Å². The number of carbonyl (C=O) groups is 3. The van der Waals surface area contributed by atoms with Crippen LogP contribution >= 0.6 is 0 Å². The minimum absolute atomic E-state index is 0.124. The van der Waals surface area contributed by atoms with Crippen LogP contribution in [-0.4, -0.2) is 42.1 Å². The van der Waals surface area contributed by atoms with E-state index in [1.54, 1.807) is 0 Å². The van der Waals surface area contributed by atoms with Gasteiger partial charge in [0.05, 0.1) is 13.7 Å². The summed E-state index contributed by atoms with van der Waals surface area (Å²) in [6, 6.07) is 15.7. The Hall–Kier alpha value is -3.35. The van der Waals surface area contributed by atoms with E-state index in [1.165, 1.54) is 12.0 Å². The molecule has 0 aromatic heterocycles. The first-order valence-corrected chi connectivity index (χ1v) is 11.0. The third kappa shape index (κ3) is 5.28. The third-order valence-electron chi connectivity index (χ3n) is 6.06. The maximum atomic E-state index is 13.3. The highest BCUT2D eigenvalue weighted by atomic mass is 16.6. The van der Waals surface area contributed by atoms with E-state index >= 15 is 0 Å². The summed E-state index contributed by atoms with van der Waals surface area (Å²) in [7, 11) is 1.32. The molecule has 4 rings (SSSR count). The van der Waals surface area contributed by atoms with E-state index in [4.69, 9.17) is 9.47 Å². The van der Waals surface area contributed by atoms with E-state index in [1.807, 2.05) is 54.6 Å². The van der Waals surface area contributed by atoms with Gasteiger partial charge < -0.3 is 14.8 Å². The molecule has 2 atom stereocenters. The Bertz CT molecular complexity index is 973. The van der Waals surface area contributed by atoms with E-state index < -0.39 is 24.1 Å². The van der Waals surface area contributed by atoms with Crippen molar-refractivity contribution < 1.29 is 23.9 Å². The smallest absolute Gasteiger partial charge is 0.411 e. The van der Waals surface area contributed by atoms with Gasteiger partial charge in [-0.25, -0.2) is 9.59 Å². The molecule has 7 heteroatoms. The van der Waals surface area contributed by atoms with E-state index in [-0.39, 0.29) is 19.1 Å². The number of ether oxygens (including phenoxy) is 2. The molecule has 1 aliphatic heterocycles. The molecule has 2 aliphatic rings. The largest absolute Gasteiger partial charge is 0.467 e. The number of nitrogens with zero attached hydrogens (tertiary/aromatic N) is 1. The van der Waals surface area contributed by atoms with Crippen LogP contribution in [0.3, 0.4) is 0 Å². The summed E-state index contributed by atoms with van der Waals surface area (Å²) in [6.45, 7) is 0.395. The first kappa shape index (κ1) is 21.9. The van der Waals surface area contributed by atoms with Crippen molar-refractivity contribution in [2.24, 2.45) is 5.92 Å². The predicted molar refractivity (Wildman–Crippen MR) is 117 cm³/mol. The number of rotatable bonds is 7. The first-order chi connectivity index (χ1) is 15.5. The van der Waals surface area contributed by atoms with Crippen LogP contribution in [0, 0.1) is 5.92 Å². The molecule has 2 aromatic carbocycles. The van der Waals surface area contributed by atoms with E-state index in [9.17, 15) is 14.4 Å². The molecule has 7 nitrogen and oxygen atoms in total. The average Bonchev–Trinajstić information content (AvgIpc) is 3.65. The minimum atomic E-state index is -0.764. The van der Waals surface area contributed by atoms with Gasteiger partial charge in [0.2, 0.25) is 5.91 Å². The predicted octanol–water partition coefficient (Wildman–Crippen LogP) is 3.21. The van der Waals surface area contributed by atoms with Crippen LogP contribution in [0.15, 0.2) is 54.6 Å². The molecule has 2 aromatic rings. The summed E-state index contributed by atoms with van der Waals surface area (Å²) in [6.07, 6.45) is 2.47. The number of amides is 2. The van der Waals surface area contributed by atoms with E-state index in [0.717, 1.165) is 29.5 Å². The van der Waals surface area contributed by atoms with Crippen LogP contribution in [0.4, 0.5) is 4.79 Å². The third-order valence-corrected chi connectivity index (χ3v) is 6.06. The summed E-state index contributed by atoms with van der Waals surface area (Å²) in [5.74, 6) is -0.398. The number of esters is 1. The van der Waals surface area contributed by atoms with Crippen LogP contribution in [0.2, 0.25) is 0 Å². The Labute approximate surface area is 187 Å². The monoisotopic (exact) mass is 436 g/mol. The quantitative estimate of drug-likeness (QED) is 0.674. The molecule has 1 aliphatic carbocycles. The molecule has 2 amide bonds. The number of methoxy groups -OCH3 is 1. The highest BCUT2D eigenvalue weighted by Gasteiger charge is 2.38. The van der Waals surface area contributed by atoms with Crippen molar-refractivity contribution >= 4 is 18.0 Å². The summed E-state index contributed by atoms with van der Waals surface area (Å²) >= 11 is 0. The molecule has 1 fully saturated rings. The van der Waals surface area contributed by atoms with Crippen LogP contribution in [0.25, 0.3) is 0 Å². The fourth-order valence-corrected chi connectivity index (χ4v) is 4.06. The molecule has 0 unspecified atom stereocenters. The maximum Gasteiger partial charge on any atom is 0.411 e. The highest BCUT2D eigenvalue weighted by Crippen LogP contribution is 2.34. The second kappa shape index (κ2) is 9.85. The van der Waals surface area contributed by atoms with Gasteiger partial charge in [-0.15, -0.1) is 0 Å². The summed E-state index contributed by atoms with van der Waals surface area (Å²) < 4.78 is 10.4. The Morgan fingerprint density at radius 3 is 2.41 bits per heavy atom. The van der Waals surface area contributed by atoms with Gasteiger partial charge in [0.25, 0.3) is 0 Å². The summed E-state index contributed by atoms with van der Waals surface area (Å²) in [5, 5.41) is 2.84. The number of hydrogen-bond donors (Lipinski definition) is 1. The second-order valence-electron chi connectivity index (χ2n) is 8.42. The van der Waals surface area contributed by atoms with Crippen molar-refractivity contribution in [2.75, 3.05) is 7.11 Å². The molecule has 0 saturated heterocycles. The Morgan fingerprint density at radius 1 is 1.03 bits per heavy atom. The number of hydrogen-bond acceptors (Lipinski definition) is 5. The van der Waals surface area contributed by atoms with Gasteiger partial charge >= 0.3 is 12.1 Å². The van der Waals surface area contributed by atoms with Crippen molar-refractivity contribution in [2.45, 2.75) is 50.9 Å². The lowest BCUT2D eigenvalue weighted by molar-refractivity contribution is -0.146. The van der Waals surface area contributed by atoms with Crippen LogP contribution in [-0.2, 0) is 38.6 Å². The van der Waals surface area contributed by atoms with Gasteiger partial charge in [-0.1, -0.05) is 67.4 Å². The number of benzene rings is 2. The van der Waals surface area contributed by atoms with Crippen molar-refractivity contribution in [3.63, 3.8) is 0 Å². The zero-order valence-electron chi connectivity index (χ0n) is 18.2. The Morgan fingerprint density at radius 2 is 1.72 bits per heavy atom. The zero-order valence-corrected chi connectivity index (χ0v) is 18.2. The number of nitrogens with one attached hydrogen (secondary N) is 1. The van der Waals surface area contributed by atoms with Gasteiger partial charge in [0, 0.05) is 6.42 Å². The van der Waals surface area contributed by atoms with Gasteiger partial charge in [-0.05, 0) is 29.0 Å². The molecule has 1 heterocycles. The fourth-order valence-electron chi connectivity index (χ4n) is 4.06. The first-order valence-electron chi connectivity index (χ1n) is 11.0. The molecule has 1 N–H and O–H groups in total. The lowest BCUT2D eigenvalue weighted by atomic mass is 9.93. The average molecular weight is 437 g/mol. The fraction of sp³-hybridized carbons (Fsp3) is 0.400. The number of fused-ring (bicyclic) bond motifs is 1. The SMILES string of the molecule is COC(=O)[C@@H](CC1CC1)NC(=O)[C@@H]1Cc2ccccc2CN1C(=O)OCc1ccccc1. The van der Waals surface area contributed by atoms with Gasteiger partial charge in [0.1, 0.15) is 18.7 Å². The highest BCUT2D eigenvalue weighted by molar-refractivity contribution is 5.90. The van der Waals surface area contributed by atoms with Gasteiger partial charge in [-0.3, -0.25) is 9.69 Å². The van der Waals surface area contributed by atoms with Crippen molar-refractivity contribution in [1.82, 2.24) is 10.2 Å². The Balaban J connectivity index is 1.50. The maximum absolute atomic E-state index is 13.3. The Kier molecular flexibility index (Phi) is 6.73. The normalized spacial score (nSPS) is 18.3. The van der Waals surface area contributed by atoms with E-state index in [2.05, 4.69) is 5.32 Å². The molecule has 1 saturated carbocycles. The molecule has 168 valence electrons. The number of carbonyl (C=O) groups excluding carboxylic acids is 3. The molecular formula is C25H28N2O5. The van der Waals surface area contributed by atoms with Crippen molar-refractivity contribution in [3.05, 3.63) is 71.3 Å². The minimum Gasteiger partial charge on any atom is -0.467 e. The van der Waals surface area contributed by atoms with Gasteiger partial charge in [-0.2, -0.15) is 0 Å². The lowest BCUT2D eigenvalue weighted by Gasteiger charge is -2.35. The zero-order chi connectivity index (χ0) is 22.5. The van der Waals surface area contributed by atoms with E-state index in [0.29, 0.717) is 18.8 Å². The topological polar surface area (TPSA) is 84.9 Å². The van der Waals surface area contributed by atoms with Gasteiger partial charge in [0.15, 0.2) is 0 Å².